The minimum Gasteiger partial charge on any atom is -0.394 e. The van der Waals surface area contributed by atoms with Crippen molar-refractivity contribution in [2.24, 2.45) is 0 Å². The van der Waals surface area contributed by atoms with Crippen LogP contribution in [0.4, 0.5) is 5.95 Å². The Morgan fingerprint density at radius 2 is 1.90 bits per heavy atom. The summed E-state index contributed by atoms with van der Waals surface area (Å²) < 4.78 is 0. The number of piperazine rings is 1. The number of nitrogens with zero attached hydrogens (tertiary/aromatic N) is 4. The molecule has 1 unspecified atom stereocenters. The average molecular weight is 293 g/mol. The van der Waals surface area contributed by atoms with Crippen molar-refractivity contribution < 1.29 is 5.11 Å². The second-order valence-corrected chi connectivity index (χ2v) is 5.95. The maximum atomic E-state index is 9.39. The van der Waals surface area contributed by atoms with Crippen LogP contribution in [0.5, 0.6) is 0 Å². The van der Waals surface area contributed by atoms with Gasteiger partial charge in [0.25, 0.3) is 0 Å². The fraction of sp³-hybridized carbons (Fsp3) is 0.733. The van der Waals surface area contributed by atoms with Crippen LogP contribution in [0.1, 0.15) is 19.8 Å². The minimum atomic E-state index is -0.153. The molecule has 1 aliphatic rings. The number of anilines is 1. The predicted octanol–water partition coefficient (Wildman–Crippen LogP) is 0.349. The van der Waals surface area contributed by atoms with Crippen LogP contribution in [0.25, 0.3) is 0 Å². The predicted molar refractivity (Wildman–Crippen MR) is 84.5 cm³/mol. The molecule has 2 N–H and O–H groups in total. The van der Waals surface area contributed by atoms with Gasteiger partial charge in [-0.3, -0.25) is 4.90 Å². The van der Waals surface area contributed by atoms with E-state index in [-0.39, 0.29) is 12.1 Å². The van der Waals surface area contributed by atoms with Gasteiger partial charge in [-0.25, -0.2) is 9.97 Å². The van der Waals surface area contributed by atoms with Gasteiger partial charge >= 0.3 is 0 Å². The monoisotopic (exact) mass is 293 g/mol. The minimum absolute atomic E-state index is 0.153. The quantitative estimate of drug-likeness (QED) is 0.756. The number of aliphatic hydroxyl groups is 1. The fourth-order valence-corrected chi connectivity index (χ4v) is 2.60. The Labute approximate surface area is 127 Å². The van der Waals surface area contributed by atoms with Gasteiger partial charge in [-0.15, -0.1) is 0 Å². The molecule has 2 rings (SSSR count). The Balaban J connectivity index is 1.70. The van der Waals surface area contributed by atoms with Crippen LogP contribution >= 0.6 is 0 Å². The molecule has 6 heteroatoms. The number of hydrogen-bond acceptors (Lipinski definition) is 6. The topological polar surface area (TPSA) is 64.5 Å². The number of aromatic nitrogens is 2. The van der Waals surface area contributed by atoms with Crippen LogP contribution in [0.15, 0.2) is 18.5 Å². The van der Waals surface area contributed by atoms with Gasteiger partial charge in [0.05, 0.1) is 6.61 Å². The van der Waals surface area contributed by atoms with Gasteiger partial charge in [-0.1, -0.05) is 0 Å². The van der Waals surface area contributed by atoms with E-state index in [4.69, 9.17) is 0 Å². The maximum Gasteiger partial charge on any atom is 0.225 e. The van der Waals surface area contributed by atoms with E-state index in [0.29, 0.717) is 0 Å². The summed E-state index contributed by atoms with van der Waals surface area (Å²) in [6, 6.07) is 1.85. The van der Waals surface area contributed by atoms with E-state index in [2.05, 4.69) is 32.0 Å². The van der Waals surface area contributed by atoms with E-state index >= 15 is 0 Å². The van der Waals surface area contributed by atoms with Crippen molar-refractivity contribution in [1.82, 2.24) is 20.2 Å². The lowest BCUT2D eigenvalue weighted by molar-refractivity contribution is 0.162. The van der Waals surface area contributed by atoms with E-state index in [1.807, 2.05) is 13.1 Å². The first-order valence-electron chi connectivity index (χ1n) is 7.71. The van der Waals surface area contributed by atoms with Gasteiger partial charge in [0.15, 0.2) is 0 Å². The molecule has 1 aromatic heterocycles. The Kier molecular flexibility index (Phi) is 5.90. The molecular weight excluding hydrogens is 266 g/mol. The molecule has 1 saturated heterocycles. The van der Waals surface area contributed by atoms with E-state index in [0.717, 1.165) is 51.5 Å². The van der Waals surface area contributed by atoms with Gasteiger partial charge in [-0.2, -0.15) is 0 Å². The zero-order valence-electron chi connectivity index (χ0n) is 13.1. The summed E-state index contributed by atoms with van der Waals surface area (Å²) in [5, 5.41) is 12.6. The first-order valence-corrected chi connectivity index (χ1v) is 7.71. The van der Waals surface area contributed by atoms with E-state index in [1.54, 1.807) is 12.4 Å². The molecule has 0 saturated carbocycles. The third-order valence-corrected chi connectivity index (χ3v) is 4.36. The molecule has 1 aliphatic heterocycles. The van der Waals surface area contributed by atoms with Crippen molar-refractivity contribution in [2.45, 2.75) is 25.3 Å². The second-order valence-electron chi connectivity index (χ2n) is 5.95. The van der Waals surface area contributed by atoms with Crippen LogP contribution in [-0.2, 0) is 0 Å². The largest absolute Gasteiger partial charge is 0.394 e. The molecule has 118 valence electrons. The lowest BCUT2D eigenvalue weighted by Crippen LogP contribution is -2.48. The molecule has 0 bridgehead atoms. The van der Waals surface area contributed by atoms with Crippen LogP contribution < -0.4 is 10.2 Å². The van der Waals surface area contributed by atoms with Crippen molar-refractivity contribution in [2.75, 3.05) is 51.3 Å². The molecule has 0 amide bonds. The van der Waals surface area contributed by atoms with Crippen LogP contribution in [0, 0.1) is 0 Å². The number of hydrogen-bond donors (Lipinski definition) is 2. The standard InChI is InChI=1S/C15H27N5O/c1-15(13-21,16-2)5-3-8-19-9-11-20(12-10-19)14-17-6-4-7-18-14/h4,6-7,16,21H,3,5,8-13H2,1-2H3. The van der Waals surface area contributed by atoms with Crippen LogP contribution in [-0.4, -0.2) is 71.9 Å². The molecular formula is C15H27N5O. The lowest BCUT2D eigenvalue weighted by Gasteiger charge is -2.35. The highest BCUT2D eigenvalue weighted by Gasteiger charge is 2.22. The first kappa shape index (κ1) is 16.1. The molecule has 0 aliphatic carbocycles. The summed E-state index contributed by atoms with van der Waals surface area (Å²) in [4.78, 5) is 13.3. The molecule has 21 heavy (non-hydrogen) atoms. The zero-order chi connectivity index (χ0) is 15.1. The van der Waals surface area contributed by atoms with Crippen molar-refractivity contribution in [3.05, 3.63) is 18.5 Å². The number of nitrogens with one attached hydrogen (secondary N) is 1. The molecule has 2 heterocycles. The molecule has 6 nitrogen and oxygen atoms in total. The highest BCUT2D eigenvalue weighted by molar-refractivity contribution is 5.29. The Morgan fingerprint density at radius 1 is 1.24 bits per heavy atom. The molecule has 1 fully saturated rings. The van der Waals surface area contributed by atoms with Crippen molar-refractivity contribution >= 4 is 5.95 Å². The van der Waals surface area contributed by atoms with E-state index < -0.39 is 0 Å². The molecule has 1 aromatic rings. The highest BCUT2D eigenvalue weighted by Crippen LogP contribution is 2.13. The first-order chi connectivity index (χ1) is 10.2. The summed E-state index contributed by atoms with van der Waals surface area (Å²) in [5.41, 5.74) is -0.153. The lowest BCUT2D eigenvalue weighted by atomic mass is 9.97. The fourth-order valence-electron chi connectivity index (χ4n) is 2.60. The Hall–Kier alpha value is -1.24. The summed E-state index contributed by atoms with van der Waals surface area (Å²) in [7, 11) is 1.91. The normalized spacial score (nSPS) is 19.5. The number of likely N-dealkylation sites (N-methyl/N-ethyl adjacent to an activating group) is 1. The molecule has 0 radical (unpaired) electrons. The highest BCUT2D eigenvalue weighted by atomic mass is 16.3. The summed E-state index contributed by atoms with van der Waals surface area (Å²) in [6.07, 6.45) is 5.67. The average Bonchev–Trinajstić information content (AvgIpc) is 2.56. The summed E-state index contributed by atoms with van der Waals surface area (Å²) in [5.74, 6) is 0.834. The Bertz CT molecular complexity index is 402. The molecule has 0 aromatic carbocycles. The smallest absolute Gasteiger partial charge is 0.225 e. The zero-order valence-corrected chi connectivity index (χ0v) is 13.1. The SMILES string of the molecule is CNC(C)(CO)CCCN1CCN(c2ncccn2)CC1. The van der Waals surface area contributed by atoms with Gasteiger partial charge in [-0.05, 0) is 39.4 Å². The van der Waals surface area contributed by atoms with Crippen molar-refractivity contribution in [3.63, 3.8) is 0 Å². The third kappa shape index (κ3) is 4.62. The third-order valence-electron chi connectivity index (χ3n) is 4.36. The molecule has 1 atom stereocenters. The van der Waals surface area contributed by atoms with Crippen LogP contribution in [0.3, 0.4) is 0 Å². The van der Waals surface area contributed by atoms with Crippen LogP contribution in [0.2, 0.25) is 0 Å². The van der Waals surface area contributed by atoms with Gasteiger partial charge in [0, 0.05) is 44.1 Å². The summed E-state index contributed by atoms with van der Waals surface area (Å²) >= 11 is 0. The molecule has 0 spiro atoms. The Morgan fingerprint density at radius 3 is 2.48 bits per heavy atom. The van der Waals surface area contributed by atoms with Gasteiger partial charge < -0.3 is 15.3 Å². The summed E-state index contributed by atoms with van der Waals surface area (Å²) in [6.45, 7) is 7.39. The number of rotatable bonds is 7. The van der Waals surface area contributed by atoms with E-state index in [9.17, 15) is 5.11 Å². The maximum absolute atomic E-state index is 9.39. The van der Waals surface area contributed by atoms with Crippen molar-refractivity contribution in [3.8, 4) is 0 Å². The van der Waals surface area contributed by atoms with Gasteiger partial charge in [0.1, 0.15) is 0 Å². The van der Waals surface area contributed by atoms with Crippen molar-refractivity contribution in [1.29, 1.82) is 0 Å². The van der Waals surface area contributed by atoms with E-state index in [1.165, 1.54) is 0 Å². The van der Waals surface area contributed by atoms with Gasteiger partial charge in [0.2, 0.25) is 5.95 Å². The number of aliphatic hydroxyl groups excluding tert-OH is 1. The second kappa shape index (κ2) is 7.68.